The van der Waals surface area contributed by atoms with Crippen LogP contribution in [0.3, 0.4) is 0 Å². The highest BCUT2D eigenvalue weighted by molar-refractivity contribution is 7.98. The number of nitrogens with one attached hydrogen (secondary N) is 1. The largest absolute Gasteiger partial charge is 0.480 e. The van der Waals surface area contributed by atoms with Gasteiger partial charge in [0.2, 0.25) is 0 Å². The minimum Gasteiger partial charge on any atom is -0.480 e. The van der Waals surface area contributed by atoms with Crippen LogP contribution in [-0.4, -0.2) is 47.9 Å². The number of thioether (sulfide) groups is 1. The van der Waals surface area contributed by atoms with Gasteiger partial charge >= 0.3 is 5.97 Å². The van der Waals surface area contributed by atoms with Crippen molar-refractivity contribution < 1.29 is 24.4 Å². The first kappa shape index (κ1) is 16.9. The zero-order valence-electron chi connectivity index (χ0n) is 11.2. The molecule has 0 bridgehead atoms. The summed E-state index contributed by atoms with van der Waals surface area (Å²) in [7, 11) is 0. The summed E-state index contributed by atoms with van der Waals surface area (Å²) in [6, 6.07) is 4.21. The summed E-state index contributed by atoms with van der Waals surface area (Å²) in [6.07, 6.45) is 1.71. The standard InChI is InChI=1S/C12H14N2O6S/c1-21-10-3-2-8(6-9(10)14(18)19)12(17)13-4-5-20-7-11(15)16/h2-3,6H,4-5,7H2,1H3,(H,13,17)(H,15,16). The van der Waals surface area contributed by atoms with E-state index in [4.69, 9.17) is 9.84 Å². The molecule has 0 unspecified atom stereocenters. The molecule has 21 heavy (non-hydrogen) atoms. The van der Waals surface area contributed by atoms with E-state index in [9.17, 15) is 19.7 Å². The highest BCUT2D eigenvalue weighted by Gasteiger charge is 2.16. The lowest BCUT2D eigenvalue weighted by Gasteiger charge is -2.06. The van der Waals surface area contributed by atoms with Crippen LogP contribution in [0.5, 0.6) is 0 Å². The van der Waals surface area contributed by atoms with Gasteiger partial charge in [0, 0.05) is 18.2 Å². The van der Waals surface area contributed by atoms with Crippen LogP contribution < -0.4 is 5.32 Å². The zero-order valence-corrected chi connectivity index (χ0v) is 12.0. The fraction of sp³-hybridized carbons (Fsp3) is 0.333. The molecule has 0 aliphatic heterocycles. The number of nitrogens with zero attached hydrogens (tertiary/aromatic N) is 1. The molecule has 0 radical (unpaired) electrons. The van der Waals surface area contributed by atoms with Crippen molar-refractivity contribution >= 4 is 29.3 Å². The van der Waals surface area contributed by atoms with Gasteiger partial charge in [0.15, 0.2) is 0 Å². The number of benzene rings is 1. The molecule has 0 aliphatic rings. The van der Waals surface area contributed by atoms with E-state index in [1.807, 2.05) is 0 Å². The Morgan fingerprint density at radius 1 is 1.48 bits per heavy atom. The van der Waals surface area contributed by atoms with Crippen LogP contribution in [0.4, 0.5) is 5.69 Å². The number of hydrogen-bond acceptors (Lipinski definition) is 6. The Labute approximate surface area is 124 Å². The monoisotopic (exact) mass is 314 g/mol. The molecule has 0 atom stereocenters. The summed E-state index contributed by atoms with van der Waals surface area (Å²) in [5, 5.41) is 21.7. The van der Waals surface area contributed by atoms with Gasteiger partial charge in [-0.25, -0.2) is 4.79 Å². The molecule has 0 spiro atoms. The van der Waals surface area contributed by atoms with Crippen LogP contribution in [0.1, 0.15) is 10.4 Å². The van der Waals surface area contributed by atoms with E-state index >= 15 is 0 Å². The van der Waals surface area contributed by atoms with Gasteiger partial charge < -0.3 is 15.2 Å². The molecule has 2 N–H and O–H groups in total. The molecule has 0 heterocycles. The molecule has 114 valence electrons. The Hall–Kier alpha value is -2.13. The Morgan fingerprint density at radius 3 is 2.76 bits per heavy atom. The molecule has 0 fully saturated rings. The summed E-state index contributed by atoms with van der Waals surface area (Å²) < 4.78 is 4.75. The third-order valence-corrected chi connectivity index (χ3v) is 3.18. The minimum atomic E-state index is -1.09. The Balaban J connectivity index is 2.60. The van der Waals surface area contributed by atoms with E-state index in [0.717, 1.165) is 0 Å². The van der Waals surface area contributed by atoms with Crippen molar-refractivity contribution in [2.24, 2.45) is 0 Å². The van der Waals surface area contributed by atoms with E-state index in [1.165, 1.54) is 30.0 Å². The molecule has 0 aromatic heterocycles. The van der Waals surface area contributed by atoms with Gasteiger partial charge in [-0.15, -0.1) is 11.8 Å². The van der Waals surface area contributed by atoms with Gasteiger partial charge in [-0.1, -0.05) is 0 Å². The van der Waals surface area contributed by atoms with E-state index in [2.05, 4.69) is 5.32 Å². The molecular weight excluding hydrogens is 300 g/mol. The van der Waals surface area contributed by atoms with Gasteiger partial charge in [-0.2, -0.15) is 0 Å². The Morgan fingerprint density at radius 2 is 2.19 bits per heavy atom. The van der Waals surface area contributed by atoms with Crippen molar-refractivity contribution in [2.45, 2.75) is 4.90 Å². The number of hydrogen-bond donors (Lipinski definition) is 2. The Bertz CT molecular complexity index is 549. The molecule has 9 heteroatoms. The molecule has 0 saturated heterocycles. The number of aliphatic carboxylic acids is 1. The maximum atomic E-state index is 11.8. The summed E-state index contributed by atoms with van der Waals surface area (Å²) >= 11 is 1.22. The molecule has 8 nitrogen and oxygen atoms in total. The van der Waals surface area contributed by atoms with Crippen molar-refractivity contribution in [2.75, 3.05) is 26.0 Å². The van der Waals surface area contributed by atoms with Crippen molar-refractivity contribution in [3.63, 3.8) is 0 Å². The predicted molar refractivity (Wildman–Crippen MR) is 75.7 cm³/mol. The van der Waals surface area contributed by atoms with Crippen LogP contribution >= 0.6 is 11.8 Å². The predicted octanol–water partition coefficient (Wildman–Crippen LogP) is 1.15. The average molecular weight is 314 g/mol. The first-order valence-corrected chi connectivity index (χ1v) is 7.08. The van der Waals surface area contributed by atoms with E-state index in [-0.39, 0.29) is 24.4 Å². The summed E-state index contributed by atoms with van der Waals surface area (Å²) in [5.41, 5.74) is 0.0370. The highest BCUT2D eigenvalue weighted by atomic mass is 32.2. The van der Waals surface area contributed by atoms with E-state index < -0.39 is 23.4 Å². The lowest BCUT2D eigenvalue weighted by atomic mass is 10.2. The number of ether oxygens (including phenoxy) is 1. The first-order valence-electron chi connectivity index (χ1n) is 5.86. The van der Waals surface area contributed by atoms with Crippen molar-refractivity contribution in [1.29, 1.82) is 0 Å². The third-order valence-electron chi connectivity index (χ3n) is 2.40. The normalized spacial score (nSPS) is 10.1. The van der Waals surface area contributed by atoms with Gasteiger partial charge in [0.1, 0.15) is 6.61 Å². The lowest BCUT2D eigenvalue weighted by Crippen LogP contribution is -2.28. The van der Waals surface area contributed by atoms with E-state index in [1.54, 1.807) is 6.26 Å². The number of carbonyl (C=O) groups is 2. The lowest BCUT2D eigenvalue weighted by molar-refractivity contribution is -0.387. The molecule has 1 aromatic rings. The third kappa shape index (κ3) is 5.40. The second-order valence-corrected chi connectivity index (χ2v) is 4.69. The van der Waals surface area contributed by atoms with Crippen LogP contribution in [0.15, 0.2) is 23.1 Å². The Kier molecular flexibility index (Phi) is 6.63. The van der Waals surface area contributed by atoms with Crippen LogP contribution in [-0.2, 0) is 9.53 Å². The minimum absolute atomic E-state index is 0.0447. The van der Waals surface area contributed by atoms with Gasteiger partial charge in [-0.05, 0) is 18.4 Å². The molecular formula is C12H14N2O6S. The first-order chi connectivity index (χ1) is 9.95. The smallest absolute Gasteiger partial charge is 0.329 e. The fourth-order valence-electron chi connectivity index (χ4n) is 1.47. The number of amides is 1. The fourth-order valence-corrected chi connectivity index (χ4v) is 2.02. The molecule has 0 aliphatic carbocycles. The van der Waals surface area contributed by atoms with E-state index in [0.29, 0.717) is 4.90 Å². The molecule has 1 amide bonds. The summed E-state index contributed by atoms with van der Waals surface area (Å²) in [5.74, 6) is -1.57. The van der Waals surface area contributed by atoms with Gasteiger partial charge in [0.05, 0.1) is 16.4 Å². The second kappa shape index (κ2) is 8.22. The summed E-state index contributed by atoms with van der Waals surface area (Å²) in [6.45, 7) is -0.281. The second-order valence-electron chi connectivity index (χ2n) is 3.85. The zero-order chi connectivity index (χ0) is 15.8. The molecule has 1 aromatic carbocycles. The summed E-state index contributed by atoms with van der Waals surface area (Å²) in [4.78, 5) is 32.8. The number of nitro benzene ring substituents is 1. The number of carbonyl (C=O) groups excluding carboxylic acids is 1. The topological polar surface area (TPSA) is 119 Å². The van der Waals surface area contributed by atoms with Gasteiger partial charge in [0.25, 0.3) is 11.6 Å². The van der Waals surface area contributed by atoms with Crippen molar-refractivity contribution in [3.8, 4) is 0 Å². The number of nitro groups is 1. The quantitative estimate of drug-likeness (QED) is 0.320. The highest BCUT2D eigenvalue weighted by Crippen LogP contribution is 2.28. The van der Waals surface area contributed by atoms with Crippen LogP contribution in [0.25, 0.3) is 0 Å². The SMILES string of the molecule is CSc1ccc(C(=O)NCCOCC(=O)O)cc1[N+](=O)[O-]. The van der Waals surface area contributed by atoms with Crippen molar-refractivity contribution in [3.05, 3.63) is 33.9 Å². The molecule has 0 saturated carbocycles. The van der Waals surface area contributed by atoms with Crippen LogP contribution in [0, 0.1) is 10.1 Å². The van der Waals surface area contributed by atoms with Gasteiger partial charge in [-0.3, -0.25) is 14.9 Å². The number of rotatable bonds is 8. The number of carboxylic acids is 1. The maximum Gasteiger partial charge on any atom is 0.329 e. The maximum absolute atomic E-state index is 11.8. The molecule has 1 rings (SSSR count). The van der Waals surface area contributed by atoms with Crippen molar-refractivity contribution in [1.82, 2.24) is 5.32 Å². The number of carboxylic acid groups (broad SMARTS) is 1. The van der Waals surface area contributed by atoms with Crippen LogP contribution in [0.2, 0.25) is 0 Å². The average Bonchev–Trinajstić information content (AvgIpc) is 2.45.